The van der Waals surface area contributed by atoms with Crippen molar-refractivity contribution in [2.24, 2.45) is 0 Å². The number of nitrogens with zero attached hydrogens (tertiary/aromatic N) is 1. The molecule has 0 atom stereocenters. The zero-order valence-corrected chi connectivity index (χ0v) is 12.0. The standard InChI is InChI=1S/C11H8BrClN2OS/c1-6-5-7(17-10(6)12)11(16)15-9-4-2-3-8(13)14-9/h2-5H,1H3,(H,14,15,16). The molecular weight excluding hydrogens is 324 g/mol. The molecule has 0 bridgehead atoms. The van der Waals surface area contributed by atoms with E-state index in [1.807, 2.05) is 13.0 Å². The lowest BCUT2D eigenvalue weighted by Gasteiger charge is -2.02. The summed E-state index contributed by atoms with van der Waals surface area (Å²) in [5.74, 6) is 0.267. The van der Waals surface area contributed by atoms with Crippen LogP contribution in [0.1, 0.15) is 15.2 Å². The minimum Gasteiger partial charge on any atom is -0.306 e. The molecule has 0 spiro atoms. The topological polar surface area (TPSA) is 42.0 Å². The van der Waals surface area contributed by atoms with Gasteiger partial charge in [0.05, 0.1) is 8.66 Å². The van der Waals surface area contributed by atoms with E-state index in [1.165, 1.54) is 11.3 Å². The SMILES string of the molecule is Cc1cc(C(=O)Nc2cccc(Cl)n2)sc1Br. The zero-order valence-electron chi connectivity index (χ0n) is 8.83. The molecule has 0 fully saturated rings. The average molecular weight is 332 g/mol. The molecule has 1 amide bonds. The lowest BCUT2D eigenvalue weighted by atomic mass is 10.3. The third-order valence-electron chi connectivity index (χ3n) is 2.04. The van der Waals surface area contributed by atoms with Crippen LogP contribution in [0.15, 0.2) is 28.1 Å². The van der Waals surface area contributed by atoms with E-state index in [0.29, 0.717) is 15.8 Å². The number of anilines is 1. The van der Waals surface area contributed by atoms with Gasteiger partial charge in [-0.15, -0.1) is 11.3 Å². The van der Waals surface area contributed by atoms with Gasteiger partial charge in [0.1, 0.15) is 11.0 Å². The van der Waals surface area contributed by atoms with Crippen molar-refractivity contribution in [1.29, 1.82) is 0 Å². The van der Waals surface area contributed by atoms with Crippen LogP contribution < -0.4 is 5.32 Å². The first kappa shape index (κ1) is 12.5. The van der Waals surface area contributed by atoms with Crippen LogP contribution in [0.5, 0.6) is 0 Å². The van der Waals surface area contributed by atoms with Crippen molar-refractivity contribution in [2.75, 3.05) is 5.32 Å². The number of pyridine rings is 1. The Hall–Kier alpha value is -0.910. The summed E-state index contributed by atoms with van der Waals surface area (Å²) in [7, 11) is 0. The van der Waals surface area contributed by atoms with Gasteiger partial charge in [-0.2, -0.15) is 0 Å². The number of hydrogen-bond acceptors (Lipinski definition) is 3. The zero-order chi connectivity index (χ0) is 12.4. The van der Waals surface area contributed by atoms with Crippen molar-refractivity contribution in [2.45, 2.75) is 6.92 Å². The van der Waals surface area contributed by atoms with E-state index in [9.17, 15) is 4.79 Å². The molecule has 0 aliphatic heterocycles. The Morgan fingerprint density at radius 2 is 2.29 bits per heavy atom. The number of nitrogens with one attached hydrogen (secondary N) is 1. The number of hydrogen-bond donors (Lipinski definition) is 1. The van der Waals surface area contributed by atoms with Crippen molar-refractivity contribution in [1.82, 2.24) is 4.98 Å². The summed E-state index contributed by atoms with van der Waals surface area (Å²) in [6.07, 6.45) is 0. The maximum absolute atomic E-state index is 11.9. The number of aryl methyl sites for hydroxylation is 1. The number of aromatic nitrogens is 1. The third-order valence-corrected chi connectivity index (χ3v) is 4.38. The second-order valence-electron chi connectivity index (χ2n) is 3.37. The summed E-state index contributed by atoms with van der Waals surface area (Å²) in [5, 5.41) is 3.05. The Labute approximate surface area is 116 Å². The average Bonchev–Trinajstić information content (AvgIpc) is 2.59. The van der Waals surface area contributed by atoms with Crippen LogP contribution in [0.4, 0.5) is 5.82 Å². The van der Waals surface area contributed by atoms with Crippen LogP contribution in [0.2, 0.25) is 5.15 Å². The predicted octanol–water partition coefficient (Wildman–Crippen LogP) is 4.12. The van der Waals surface area contributed by atoms with Gasteiger partial charge in [-0.3, -0.25) is 4.79 Å². The van der Waals surface area contributed by atoms with Crippen LogP contribution in [-0.4, -0.2) is 10.9 Å². The van der Waals surface area contributed by atoms with E-state index < -0.39 is 0 Å². The fraction of sp³-hybridized carbons (Fsp3) is 0.0909. The number of carbonyl (C=O) groups is 1. The highest BCUT2D eigenvalue weighted by atomic mass is 79.9. The monoisotopic (exact) mass is 330 g/mol. The molecule has 2 aromatic heterocycles. The number of halogens is 2. The maximum atomic E-state index is 11.9. The van der Waals surface area contributed by atoms with E-state index in [1.54, 1.807) is 18.2 Å². The summed E-state index contributed by atoms with van der Waals surface area (Å²) in [6.45, 7) is 1.94. The molecule has 2 aromatic rings. The second kappa shape index (κ2) is 5.16. The molecule has 0 unspecified atom stereocenters. The van der Waals surface area contributed by atoms with E-state index in [4.69, 9.17) is 11.6 Å². The van der Waals surface area contributed by atoms with Gasteiger partial charge in [0, 0.05) is 0 Å². The lowest BCUT2D eigenvalue weighted by molar-refractivity contribution is 0.103. The molecule has 0 aliphatic rings. The van der Waals surface area contributed by atoms with Crippen LogP contribution in [0.25, 0.3) is 0 Å². The highest BCUT2D eigenvalue weighted by Gasteiger charge is 2.11. The number of thiophene rings is 1. The molecule has 0 aliphatic carbocycles. The van der Waals surface area contributed by atoms with Gasteiger partial charge < -0.3 is 5.32 Å². The molecule has 1 N–H and O–H groups in total. The minimum atomic E-state index is -0.182. The van der Waals surface area contributed by atoms with Crippen molar-refractivity contribution in [3.05, 3.63) is 43.6 Å². The Bertz CT molecular complexity index is 551. The predicted molar refractivity (Wildman–Crippen MR) is 74.0 cm³/mol. The molecule has 2 rings (SSSR count). The molecule has 88 valence electrons. The van der Waals surface area contributed by atoms with Gasteiger partial charge in [0.2, 0.25) is 0 Å². The lowest BCUT2D eigenvalue weighted by Crippen LogP contribution is -2.11. The molecule has 6 heteroatoms. The normalized spacial score (nSPS) is 10.3. The quantitative estimate of drug-likeness (QED) is 0.841. The summed E-state index contributed by atoms with van der Waals surface area (Å²) in [6, 6.07) is 6.91. The van der Waals surface area contributed by atoms with Crippen molar-refractivity contribution in [3.8, 4) is 0 Å². The Balaban J connectivity index is 2.17. The first-order valence-corrected chi connectivity index (χ1v) is 6.75. The molecule has 3 nitrogen and oxygen atoms in total. The van der Waals surface area contributed by atoms with E-state index in [-0.39, 0.29) is 5.91 Å². The molecule has 0 radical (unpaired) electrons. The van der Waals surface area contributed by atoms with E-state index in [0.717, 1.165) is 9.35 Å². The molecular formula is C11H8BrClN2OS. The fourth-order valence-corrected chi connectivity index (χ4v) is 2.82. The van der Waals surface area contributed by atoms with Crippen LogP contribution in [0.3, 0.4) is 0 Å². The molecule has 0 saturated carbocycles. The maximum Gasteiger partial charge on any atom is 0.266 e. The Morgan fingerprint density at radius 3 is 2.88 bits per heavy atom. The number of carbonyl (C=O) groups excluding carboxylic acids is 1. The Morgan fingerprint density at radius 1 is 1.53 bits per heavy atom. The van der Waals surface area contributed by atoms with Gasteiger partial charge >= 0.3 is 0 Å². The molecule has 0 aromatic carbocycles. The fourth-order valence-electron chi connectivity index (χ4n) is 1.23. The minimum absolute atomic E-state index is 0.182. The van der Waals surface area contributed by atoms with Gasteiger partial charge in [-0.1, -0.05) is 17.7 Å². The number of rotatable bonds is 2. The van der Waals surface area contributed by atoms with Crippen molar-refractivity contribution in [3.63, 3.8) is 0 Å². The van der Waals surface area contributed by atoms with E-state index >= 15 is 0 Å². The summed E-state index contributed by atoms with van der Waals surface area (Å²) >= 11 is 10.5. The number of amides is 1. The highest BCUT2D eigenvalue weighted by Crippen LogP contribution is 2.27. The van der Waals surface area contributed by atoms with Gasteiger partial charge in [-0.05, 0) is 46.6 Å². The highest BCUT2D eigenvalue weighted by molar-refractivity contribution is 9.11. The third kappa shape index (κ3) is 3.06. The van der Waals surface area contributed by atoms with Gasteiger partial charge in [0.15, 0.2) is 0 Å². The van der Waals surface area contributed by atoms with Crippen molar-refractivity contribution < 1.29 is 4.79 Å². The summed E-state index contributed by atoms with van der Waals surface area (Å²) in [5.41, 5.74) is 1.04. The van der Waals surface area contributed by atoms with Crippen LogP contribution >= 0.6 is 38.9 Å². The van der Waals surface area contributed by atoms with E-state index in [2.05, 4.69) is 26.2 Å². The molecule has 17 heavy (non-hydrogen) atoms. The van der Waals surface area contributed by atoms with Gasteiger partial charge in [-0.25, -0.2) is 4.98 Å². The van der Waals surface area contributed by atoms with Gasteiger partial charge in [0.25, 0.3) is 5.91 Å². The second-order valence-corrected chi connectivity index (χ2v) is 6.12. The van der Waals surface area contributed by atoms with Crippen molar-refractivity contribution >= 4 is 50.6 Å². The van der Waals surface area contributed by atoms with Crippen LogP contribution in [-0.2, 0) is 0 Å². The summed E-state index contributed by atoms with van der Waals surface area (Å²) < 4.78 is 0.960. The molecule has 0 saturated heterocycles. The molecule has 2 heterocycles. The van der Waals surface area contributed by atoms with Crippen LogP contribution in [0, 0.1) is 6.92 Å². The largest absolute Gasteiger partial charge is 0.306 e. The first-order valence-electron chi connectivity index (χ1n) is 4.76. The Kier molecular flexibility index (Phi) is 3.81. The summed E-state index contributed by atoms with van der Waals surface area (Å²) in [4.78, 5) is 16.5. The smallest absolute Gasteiger partial charge is 0.266 e. The first-order chi connectivity index (χ1) is 8.06.